The standard InChI is InChI=1S/C13H16F2N2O.ClH/c1-7(6-16)17-13(18)10-5-9(10)8-3-2-4-11(14)12(8)15;/h2-4,7,9-10H,5-6,16H2,1H3,(H,17,18);1H/t7-,9?,10?;/m0./s1. The number of benzene rings is 1. The van der Waals surface area contributed by atoms with Gasteiger partial charge in [-0.3, -0.25) is 4.79 Å². The van der Waals surface area contributed by atoms with Gasteiger partial charge in [0.15, 0.2) is 11.6 Å². The van der Waals surface area contributed by atoms with Crippen molar-refractivity contribution in [3.8, 4) is 0 Å². The Morgan fingerprint density at radius 2 is 2.21 bits per heavy atom. The van der Waals surface area contributed by atoms with Gasteiger partial charge in [-0.1, -0.05) is 12.1 Å². The molecule has 2 rings (SSSR count). The van der Waals surface area contributed by atoms with Crippen LogP contribution < -0.4 is 11.1 Å². The molecule has 1 saturated carbocycles. The van der Waals surface area contributed by atoms with Crippen molar-refractivity contribution < 1.29 is 13.6 Å². The van der Waals surface area contributed by atoms with Crippen LogP contribution in [0.5, 0.6) is 0 Å². The Bertz CT molecular complexity index is 470. The highest BCUT2D eigenvalue weighted by molar-refractivity contribution is 5.85. The summed E-state index contributed by atoms with van der Waals surface area (Å²) in [5, 5.41) is 2.75. The summed E-state index contributed by atoms with van der Waals surface area (Å²) in [4.78, 5) is 11.8. The molecule has 1 fully saturated rings. The Balaban J connectivity index is 0.00000180. The Morgan fingerprint density at radius 1 is 1.53 bits per heavy atom. The van der Waals surface area contributed by atoms with E-state index in [4.69, 9.17) is 5.73 Å². The molecule has 6 heteroatoms. The number of amides is 1. The third kappa shape index (κ3) is 3.42. The van der Waals surface area contributed by atoms with Gasteiger partial charge in [-0.05, 0) is 30.9 Å². The molecule has 19 heavy (non-hydrogen) atoms. The lowest BCUT2D eigenvalue weighted by Crippen LogP contribution is -2.38. The molecule has 0 spiro atoms. The molecule has 0 bridgehead atoms. The number of nitrogens with two attached hydrogens (primary N) is 1. The van der Waals surface area contributed by atoms with Crippen molar-refractivity contribution in [2.75, 3.05) is 6.54 Å². The van der Waals surface area contributed by atoms with Crippen LogP contribution in [0.1, 0.15) is 24.8 Å². The zero-order chi connectivity index (χ0) is 13.3. The summed E-state index contributed by atoms with van der Waals surface area (Å²) < 4.78 is 26.6. The third-order valence-electron chi connectivity index (χ3n) is 3.25. The van der Waals surface area contributed by atoms with Gasteiger partial charge < -0.3 is 11.1 Å². The van der Waals surface area contributed by atoms with Crippen LogP contribution in [0.3, 0.4) is 0 Å². The highest BCUT2D eigenvalue weighted by Crippen LogP contribution is 2.48. The number of nitrogens with one attached hydrogen (secondary N) is 1. The molecule has 1 amide bonds. The molecule has 106 valence electrons. The van der Waals surface area contributed by atoms with Gasteiger partial charge in [0, 0.05) is 18.5 Å². The fourth-order valence-electron chi connectivity index (χ4n) is 2.04. The molecular weight excluding hydrogens is 274 g/mol. The molecule has 3 nitrogen and oxygen atoms in total. The molecule has 0 heterocycles. The van der Waals surface area contributed by atoms with E-state index in [-0.39, 0.29) is 41.8 Å². The minimum Gasteiger partial charge on any atom is -0.352 e. The molecular formula is C13H17ClF2N2O. The molecule has 0 saturated heterocycles. The molecule has 1 aromatic carbocycles. The minimum atomic E-state index is -0.867. The van der Waals surface area contributed by atoms with Gasteiger partial charge in [0.25, 0.3) is 0 Å². The number of carbonyl (C=O) groups is 1. The van der Waals surface area contributed by atoms with E-state index < -0.39 is 11.6 Å². The summed E-state index contributed by atoms with van der Waals surface area (Å²) in [7, 11) is 0. The van der Waals surface area contributed by atoms with Crippen LogP contribution in [0.25, 0.3) is 0 Å². The Kier molecular flexibility index (Phi) is 5.26. The first-order chi connectivity index (χ1) is 8.54. The summed E-state index contributed by atoms with van der Waals surface area (Å²) in [5.74, 6) is -2.33. The van der Waals surface area contributed by atoms with E-state index in [1.54, 1.807) is 6.92 Å². The first-order valence-corrected chi connectivity index (χ1v) is 5.99. The Labute approximate surface area is 117 Å². The van der Waals surface area contributed by atoms with Gasteiger partial charge in [-0.15, -0.1) is 12.4 Å². The molecule has 1 aromatic rings. The molecule has 1 aliphatic rings. The zero-order valence-electron chi connectivity index (χ0n) is 10.5. The third-order valence-corrected chi connectivity index (χ3v) is 3.25. The van der Waals surface area contributed by atoms with Crippen molar-refractivity contribution in [1.82, 2.24) is 5.32 Å². The number of rotatable bonds is 4. The lowest BCUT2D eigenvalue weighted by molar-refractivity contribution is -0.122. The Morgan fingerprint density at radius 3 is 2.84 bits per heavy atom. The van der Waals surface area contributed by atoms with Crippen LogP contribution >= 0.6 is 12.4 Å². The van der Waals surface area contributed by atoms with Crippen molar-refractivity contribution in [3.63, 3.8) is 0 Å². The van der Waals surface area contributed by atoms with Gasteiger partial charge in [0.1, 0.15) is 0 Å². The highest BCUT2D eigenvalue weighted by atomic mass is 35.5. The van der Waals surface area contributed by atoms with Crippen LogP contribution in [-0.4, -0.2) is 18.5 Å². The number of hydrogen-bond acceptors (Lipinski definition) is 2. The van der Waals surface area contributed by atoms with Crippen molar-refractivity contribution in [3.05, 3.63) is 35.4 Å². The highest BCUT2D eigenvalue weighted by Gasteiger charge is 2.45. The summed E-state index contributed by atoms with van der Waals surface area (Å²) in [6.45, 7) is 2.16. The topological polar surface area (TPSA) is 55.1 Å². The predicted octanol–water partition coefficient (Wildman–Crippen LogP) is 1.95. The maximum atomic E-state index is 13.5. The number of halogens is 3. The summed E-state index contributed by atoms with van der Waals surface area (Å²) in [6, 6.07) is 3.97. The van der Waals surface area contributed by atoms with Crippen molar-refractivity contribution in [2.45, 2.75) is 25.3 Å². The first kappa shape index (κ1) is 15.9. The predicted molar refractivity (Wildman–Crippen MR) is 71.1 cm³/mol. The minimum absolute atomic E-state index is 0. The first-order valence-electron chi connectivity index (χ1n) is 5.99. The van der Waals surface area contributed by atoms with E-state index >= 15 is 0 Å². The van der Waals surface area contributed by atoms with Crippen molar-refractivity contribution in [1.29, 1.82) is 0 Å². The monoisotopic (exact) mass is 290 g/mol. The zero-order valence-corrected chi connectivity index (χ0v) is 11.3. The van der Waals surface area contributed by atoms with Crippen LogP contribution in [0, 0.1) is 17.6 Å². The van der Waals surface area contributed by atoms with E-state index in [1.165, 1.54) is 12.1 Å². The van der Waals surface area contributed by atoms with Gasteiger partial charge >= 0.3 is 0 Å². The fourth-order valence-corrected chi connectivity index (χ4v) is 2.04. The lowest BCUT2D eigenvalue weighted by atomic mass is 10.1. The normalized spacial score (nSPS) is 22.3. The average Bonchev–Trinajstić information content (AvgIpc) is 3.12. The van der Waals surface area contributed by atoms with Gasteiger partial charge in [0.05, 0.1) is 0 Å². The average molecular weight is 291 g/mol. The van der Waals surface area contributed by atoms with E-state index in [2.05, 4.69) is 5.32 Å². The van der Waals surface area contributed by atoms with Gasteiger partial charge in [0.2, 0.25) is 5.91 Å². The summed E-state index contributed by atoms with van der Waals surface area (Å²) in [6.07, 6.45) is 0.559. The van der Waals surface area contributed by atoms with E-state index in [1.807, 2.05) is 0 Å². The largest absolute Gasteiger partial charge is 0.352 e. The quantitative estimate of drug-likeness (QED) is 0.890. The molecule has 2 unspecified atom stereocenters. The number of hydrogen-bond donors (Lipinski definition) is 2. The maximum Gasteiger partial charge on any atom is 0.224 e. The molecule has 3 atom stereocenters. The van der Waals surface area contributed by atoms with E-state index in [9.17, 15) is 13.6 Å². The molecule has 3 N–H and O–H groups in total. The van der Waals surface area contributed by atoms with Crippen molar-refractivity contribution >= 4 is 18.3 Å². The Hall–Kier alpha value is -1.20. The molecule has 0 aliphatic heterocycles. The number of carbonyl (C=O) groups excluding carboxylic acids is 1. The van der Waals surface area contributed by atoms with Crippen molar-refractivity contribution in [2.24, 2.45) is 11.7 Å². The van der Waals surface area contributed by atoms with E-state index in [0.29, 0.717) is 13.0 Å². The lowest BCUT2D eigenvalue weighted by Gasteiger charge is -2.11. The van der Waals surface area contributed by atoms with E-state index in [0.717, 1.165) is 6.07 Å². The van der Waals surface area contributed by atoms with Crippen LogP contribution in [0.15, 0.2) is 18.2 Å². The van der Waals surface area contributed by atoms with Gasteiger partial charge in [-0.2, -0.15) is 0 Å². The van der Waals surface area contributed by atoms with Gasteiger partial charge in [-0.25, -0.2) is 8.78 Å². The second-order valence-electron chi connectivity index (χ2n) is 4.74. The van der Waals surface area contributed by atoms with Crippen LogP contribution in [0.2, 0.25) is 0 Å². The molecule has 0 radical (unpaired) electrons. The second kappa shape index (κ2) is 6.30. The summed E-state index contributed by atoms with van der Waals surface area (Å²) >= 11 is 0. The molecule has 1 aliphatic carbocycles. The van der Waals surface area contributed by atoms with Crippen LogP contribution in [-0.2, 0) is 4.79 Å². The molecule has 0 aromatic heterocycles. The second-order valence-corrected chi connectivity index (χ2v) is 4.74. The maximum absolute atomic E-state index is 13.5. The van der Waals surface area contributed by atoms with Crippen LogP contribution in [0.4, 0.5) is 8.78 Å². The SMILES string of the molecule is C[C@@H](CN)NC(=O)C1CC1c1cccc(F)c1F.Cl. The fraction of sp³-hybridized carbons (Fsp3) is 0.462. The summed E-state index contributed by atoms with van der Waals surface area (Å²) in [5.41, 5.74) is 5.69. The smallest absolute Gasteiger partial charge is 0.224 e.